The lowest BCUT2D eigenvalue weighted by Crippen LogP contribution is -2.36. The molecule has 24 heteroatoms. The lowest BCUT2D eigenvalue weighted by Gasteiger charge is -2.28. The van der Waals surface area contributed by atoms with E-state index < -0.39 is 59.4 Å². The minimum absolute atomic E-state index is 0.144. The third-order valence-electron chi connectivity index (χ3n) is 9.88. The summed E-state index contributed by atoms with van der Waals surface area (Å²) in [4.78, 5) is 100. The van der Waals surface area contributed by atoms with Gasteiger partial charge in [-0.2, -0.15) is 0 Å². The number of aromatic hydroxyl groups is 3. The first kappa shape index (κ1) is 50.4. The zero-order chi connectivity index (χ0) is 46.2. The summed E-state index contributed by atoms with van der Waals surface area (Å²) in [6, 6.07) is 9.33. The van der Waals surface area contributed by atoms with Gasteiger partial charge in [0.2, 0.25) is 0 Å². The van der Waals surface area contributed by atoms with Crippen LogP contribution in [0.2, 0.25) is 0 Å². The van der Waals surface area contributed by atoms with Crippen molar-refractivity contribution in [2.24, 2.45) is 0 Å². The van der Waals surface area contributed by atoms with Gasteiger partial charge in [-0.05, 0) is 94.7 Å². The molecular weight excluding hydrogens is 873 g/mol. The molecule has 0 radical (unpaired) electrons. The molecule has 21 nitrogen and oxygen atoms in total. The molecule has 3 aromatic rings. The van der Waals surface area contributed by atoms with Crippen molar-refractivity contribution < 1.29 is 72.8 Å². The summed E-state index contributed by atoms with van der Waals surface area (Å²) in [5, 5.41) is 40.2. The van der Waals surface area contributed by atoms with E-state index in [-0.39, 0.29) is 53.6 Å². The molecule has 12 N–H and O–H groups in total. The van der Waals surface area contributed by atoms with Crippen LogP contribution in [0.5, 0.6) is 17.2 Å². The van der Waals surface area contributed by atoms with E-state index in [1.165, 1.54) is 18.2 Å². The highest BCUT2D eigenvalue weighted by molar-refractivity contribution is 7.52. The summed E-state index contributed by atoms with van der Waals surface area (Å²) in [7, 11) is -13.7. The number of phenols is 3. The van der Waals surface area contributed by atoms with E-state index in [1.54, 1.807) is 39.0 Å². The average molecular weight is 929 g/mol. The molecule has 1 aliphatic heterocycles. The molecule has 3 aromatic carbocycles. The van der Waals surface area contributed by atoms with Gasteiger partial charge in [-0.1, -0.05) is 18.2 Å². The van der Waals surface area contributed by atoms with Crippen LogP contribution < -0.4 is 16.0 Å². The summed E-state index contributed by atoms with van der Waals surface area (Å²) < 4.78 is 34.2. The van der Waals surface area contributed by atoms with Gasteiger partial charge in [-0.25, -0.2) is 0 Å². The van der Waals surface area contributed by atoms with Gasteiger partial charge in [-0.15, -0.1) is 0 Å². The fraction of sp³-hybridized carbons (Fsp3) is 0.447. The summed E-state index contributed by atoms with van der Waals surface area (Å²) in [5.41, 5.74) is 2.51. The molecule has 0 bridgehead atoms. The molecule has 342 valence electrons. The Kier molecular flexibility index (Phi) is 17.5. The second kappa shape index (κ2) is 21.5. The molecule has 1 saturated heterocycles. The lowest BCUT2D eigenvalue weighted by molar-refractivity contribution is 0.0946. The summed E-state index contributed by atoms with van der Waals surface area (Å²) in [6.07, 6.45) is -1.63. The smallest absolute Gasteiger partial charge is 0.344 e. The SMILES string of the molecule is Cc1cc(CN2CCCN(Cc3cc(C)cc(C(=O)NCP(=O)(O)O)c3O)CCN(Cc3cc(C)cc(C(=O)NCP(=O)(O)O)c3O)CCC2)c(O)c(C(=O)NCP(=O)(O)O)c1. The molecule has 4 rings (SSSR count). The number of carbonyl (C=O) groups is 3. The Morgan fingerprint density at radius 1 is 0.468 bits per heavy atom. The Labute approximate surface area is 358 Å². The highest BCUT2D eigenvalue weighted by Gasteiger charge is 2.25. The molecule has 3 amide bonds. The summed E-state index contributed by atoms with van der Waals surface area (Å²) in [5.74, 6) is -3.67. The maximum absolute atomic E-state index is 12.9. The first-order valence-corrected chi connectivity index (χ1v) is 24.8. The first-order valence-electron chi connectivity index (χ1n) is 19.4. The van der Waals surface area contributed by atoms with Crippen LogP contribution in [0.15, 0.2) is 36.4 Å². The molecule has 62 heavy (non-hydrogen) atoms. The fourth-order valence-corrected chi connectivity index (χ4v) is 8.15. The van der Waals surface area contributed by atoms with Crippen molar-refractivity contribution in [3.05, 3.63) is 86.5 Å². The Morgan fingerprint density at radius 2 is 0.710 bits per heavy atom. The van der Waals surface area contributed by atoms with Gasteiger partial charge in [0.25, 0.3) is 17.7 Å². The van der Waals surface area contributed by atoms with Crippen molar-refractivity contribution in [1.82, 2.24) is 30.7 Å². The van der Waals surface area contributed by atoms with Crippen LogP contribution >= 0.6 is 22.8 Å². The fourth-order valence-electron chi connectivity index (χ4n) is 7.10. The third kappa shape index (κ3) is 15.9. The summed E-state index contributed by atoms with van der Waals surface area (Å²) in [6.45, 7) is 8.29. The second-order valence-corrected chi connectivity index (χ2v) is 20.4. The number of benzene rings is 3. The van der Waals surface area contributed by atoms with Gasteiger partial charge >= 0.3 is 22.8 Å². The van der Waals surface area contributed by atoms with E-state index in [0.717, 1.165) is 0 Å². The van der Waals surface area contributed by atoms with Gasteiger partial charge < -0.3 is 60.6 Å². The predicted octanol–water partition coefficient (Wildman–Crippen LogP) is 1.92. The van der Waals surface area contributed by atoms with Gasteiger partial charge in [0.05, 0.1) is 16.7 Å². The van der Waals surface area contributed by atoms with Crippen LogP contribution in [-0.2, 0) is 33.3 Å². The van der Waals surface area contributed by atoms with Crippen molar-refractivity contribution in [3.63, 3.8) is 0 Å². The molecule has 0 atom stereocenters. The third-order valence-corrected chi connectivity index (χ3v) is 11.6. The van der Waals surface area contributed by atoms with Crippen LogP contribution in [0.1, 0.15) is 77.3 Å². The second-order valence-electron chi connectivity index (χ2n) is 15.5. The first-order chi connectivity index (χ1) is 28.8. The number of aryl methyl sites for hydroxylation is 3. The van der Waals surface area contributed by atoms with Crippen LogP contribution in [0.4, 0.5) is 0 Å². The van der Waals surface area contributed by atoms with Gasteiger partial charge in [0.15, 0.2) is 0 Å². The number of hydrogen-bond acceptors (Lipinski definition) is 12. The largest absolute Gasteiger partial charge is 0.507 e. The topological polar surface area (TPSA) is 330 Å². The molecule has 0 aromatic heterocycles. The maximum Gasteiger partial charge on any atom is 0.344 e. The number of rotatable bonds is 15. The minimum atomic E-state index is -4.58. The zero-order valence-corrected chi connectivity index (χ0v) is 37.2. The highest BCUT2D eigenvalue weighted by atomic mass is 31.2. The Balaban J connectivity index is 1.65. The van der Waals surface area contributed by atoms with Gasteiger partial charge in [-0.3, -0.25) is 42.8 Å². The van der Waals surface area contributed by atoms with Crippen LogP contribution in [-0.4, -0.2) is 135 Å². The van der Waals surface area contributed by atoms with E-state index in [0.29, 0.717) is 85.5 Å². The van der Waals surface area contributed by atoms with Crippen molar-refractivity contribution in [3.8, 4) is 17.2 Å². The number of nitrogens with one attached hydrogen (secondary N) is 3. The van der Waals surface area contributed by atoms with E-state index in [2.05, 4.69) is 20.9 Å². The van der Waals surface area contributed by atoms with E-state index in [9.17, 15) is 72.8 Å². The molecular formula is C38H55N6O15P3. The number of carbonyl (C=O) groups excluding carboxylic acids is 3. The zero-order valence-electron chi connectivity index (χ0n) is 34.5. The molecule has 0 spiro atoms. The van der Waals surface area contributed by atoms with Gasteiger partial charge in [0.1, 0.15) is 36.1 Å². The monoisotopic (exact) mass is 928 g/mol. The highest BCUT2D eigenvalue weighted by Crippen LogP contribution is 2.35. The van der Waals surface area contributed by atoms with Crippen molar-refractivity contribution in [2.45, 2.75) is 53.2 Å². The standard InChI is InChI=1S/C38H55N6O15P3/c1-24-12-27(33(45)30(15-24)36(48)39-21-60(51,52)53)18-42-6-4-8-43(19-28-13-25(2)16-31(34(28)46)37(49)40-22-61(54,55)56)10-11-44(9-5-7-42)20-29-14-26(3)17-32(35(29)47)38(50)41-23-62(57,58)59/h12-17,45-47H,4-11,18-23H2,1-3H3,(H,39,48)(H,40,49)(H,41,50)(H2,51,52,53)(H2,54,55,56)(H2,57,58,59). The number of amides is 3. The Morgan fingerprint density at radius 3 is 0.952 bits per heavy atom. The Hall–Kier alpha value is -4.20. The molecule has 0 unspecified atom stereocenters. The molecule has 1 fully saturated rings. The molecule has 1 heterocycles. The van der Waals surface area contributed by atoms with E-state index in [1.807, 2.05) is 9.80 Å². The normalized spacial score (nSPS) is 15.4. The quantitative estimate of drug-likeness (QED) is 0.0969. The Bertz CT molecular complexity index is 2170. The van der Waals surface area contributed by atoms with Gasteiger partial charge in [0, 0.05) is 49.4 Å². The number of hydrogen-bond donors (Lipinski definition) is 12. The lowest BCUT2D eigenvalue weighted by atomic mass is 10.0. The number of phenolic OH excluding ortho intramolecular Hbond substituents is 3. The maximum atomic E-state index is 12.9. The van der Waals surface area contributed by atoms with Crippen LogP contribution in [0.25, 0.3) is 0 Å². The van der Waals surface area contributed by atoms with Crippen LogP contribution in [0.3, 0.4) is 0 Å². The van der Waals surface area contributed by atoms with E-state index >= 15 is 0 Å². The van der Waals surface area contributed by atoms with Crippen LogP contribution in [0, 0.1) is 20.8 Å². The molecule has 0 saturated carbocycles. The summed E-state index contributed by atoms with van der Waals surface area (Å²) >= 11 is 0. The predicted molar refractivity (Wildman–Crippen MR) is 227 cm³/mol. The van der Waals surface area contributed by atoms with Crippen molar-refractivity contribution in [2.75, 3.05) is 58.1 Å². The molecule has 0 aliphatic carbocycles. The van der Waals surface area contributed by atoms with Crippen molar-refractivity contribution in [1.29, 1.82) is 0 Å². The minimum Gasteiger partial charge on any atom is -0.507 e. The molecule has 1 aliphatic rings. The van der Waals surface area contributed by atoms with E-state index in [4.69, 9.17) is 0 Å². The number of nitrogens with zero attached hydrogens (tertiary/aromatic N) is 3. The van der Waals surface area contributed by atoms with Crippen molar-refractivity contribution >= 4 is 40.5 Å². The average Bonchev–Trinajstić information content (AvgIpc) is 3.20.